The molecule has 0 aliphatic heterocycles. The molecule has 0 aromatic rings. The molecule has 0 amide bonds. The van der Waals surface area contributed by atoms with E-state index in [4.69, 9.17) is 4.74 Å². The van der Waals surface area contributed by atoms with Gasteiger partial charge in [-0.15, -0.1) is 0 Å². The monoisotopic (exact) mass is 259 g/mol. The molecule has 17 heavy (non-hydrogen) atoms. The summed E-state index contributed by atoms with van der Waals surface area (Å²) in [6, 6.07) is 0. The van der Waals surface area contributed by atoms with Crippen LogP contribution in [0.3, 0.4) is 0 Å². The predicted octanol–water partition coefficient (Wildman–Crippen LogP) is 2.45. The van der Waals surface area contributed by atoms with E-state index in [1.807, 2.05) is 11.8 Å². The number of ether oxygens (including phenoxy) is 1. The minimum absolute atomic E-state index is 0.0606. The summed E-state index contributed by atoms with van der Waals surface area (Å²) in [7, 11) is 1.50. The minimum Gasteiger partial charge on any atom is -0.468 e. The number of methoxy groups -OCH3 is 1. The highest BCUT2D eigenvalue weighted by molar-refractivity contribution is 7.98. The topological polar surface area (TPSA) is 38.3 Å². The number of rotatable bonds is 7. The van der Waals surface area contributed by atoms with Crippen molar-refractivity contribution in [3.05, 3.63) is 0 Å². The first-order valence-electron chi connectivity index (χ1n) is 6.53. The molecule has 1 N–H and O–H groups in total. The Bertz CT molecular complexity index is 248. The van der Waals surface area contributed by atoms with Crippen LogP contribution in [0, 0.1) is 5.92 Å². The number of hydrogen-bond donors (Lipinski definition) is 1. The average molecular weight is 259 g/mol. The number of nitrogens with one attached hydrogen (secondary N) is 1. The normalized spacial score (nSPS) is 28.3. The van der Waals surface area contributed by atoms with Crippen molar-refractivity contribution in [1.29, 1.82) is 0 Å². The Labute approximate surface area is 109 Å². The first-order chi connectivity index (χ1) is 8.21. The molecule has 4 heteroatoms. The maximum absolute atomic E-state index is 12.1. The van der Waals surface area contributed by atoms with Gasteiger partial charge in [-0.1, -0.05) is 13.3 Å². The van der Waals surface area contributed by atoms with Crippen LogP contribution in [-0.2, 0) is 9.53 Å². The average Bonchev–Trinajstić information content (AvgIpc) is 2.77. The molecule has 2 atom stereocenters. The van der Waals surface area contributed by atoms with Crippen LogP contribution in [0.25, 0.3) is 0 Å². The van der Waals surface area contributed by atoms with Gasteiger partial charge >= 0.3 is 5.97 Å². The molecule has 1 aliphatic carbocycles. The molecule has 100 valence electrons. The van der Waals surface area contributed by atoms with Gasteiger partial charge in [-0.25, -0.2) is 0 Å². The van der Waals surface area contributed by atoms with E-state index in [2.05, 4.69) is 18.5 Å². The lowest BCUT2D eigenvalue weighted by Crippen LogP contribution is -2.55. The molecule has 1 rings (SSSR count). The van der Waals surface area contributed by atoms with Crippen molar-refractivity contribution in [1.82, 2.24) is 5.32 Å². The largest absolute Gasteiger partial charge is 0.468 e. The lowest BCUT2D eigenvalue weighted by atomic mass is 9.85. The summed E-state index contributed by atoms with van der Waals surface area (Å²) in [5.74, 6) is 1.50. The molecule has 0 bridgehead atoms. The molecule has 1 aliphatic rings. The second-order valence-corrected chi connectivity index (χ2v) is 5.75. The van der Waals surface area contributed by atoms with Crippen LogP contribution in [0.2, 0.25) is 0 Å². The van der Waals surface area contributed by atoms with E-state index in [1.54, 1.807) is 0 Å². The van der Waals surface area contributed by atoms with Crippen molar-refractivity contribution in [2.24, 2.45) is 5.92 Å². The summed E-state index contributed by atoms with van der Waals surface area (Å²) in [5, 5.41) is 3.47. The fraction of sp³-hybridized carbons (Fsp3) is 0.923. The third-order valence-corrected chi connectivity index (χ3v) is 4.38. The third kappa shape index (κ3) is 3.38. The van der Waals surface area contributed by atoms with E-state index in [0.717, 1.165) is 44.4 Å². The van der Waals surface area contributed by atoms with Crippen LogP contribution in [0.1, 0.15) is 39.0 Å². The van der Waals surface area contributed by atoms with Gasteiger partial charge in [-0.2, -0.15) is 11.8 Å². The van der Waals surface area contributed by atoms with Crippen LogP contribution in [0.4, 0.5) is 0 Å². The van der Waals surface area contributed by atoms with Crippen LogP contribution < -0.4 is 5.32 Å². The van der Waals surface area contributed by atoms with E-state index in [9.17, 15) is 4.79 Å². The Hall–Kier alpha value is -0.220. The van der Waals surface area contributed by atoms with Crippen molar-refractivity contribution in [2.45, 2.75) is 44.6 Å². The van der Waals surface area contributed by atoms with Crippen molar-refractivity contribution >= 4 is 17.7 Å². The molecule has 3 nitrogen and oxygen atoms in total. The third-order valence-electron chi connectivity index (χ3n) is 3.73. The molecule has 1 saturated carbocycles. The van der Waals surface area contributed by atoms with Gasteiger partial charge in [0.15, 0.2) is 0 Å². The summed E-state index contributed by atoms with van der Waals surface area (Å²) in [5.41, 5.74) is -0.402. The zero-order valence-electron chi connectivity index (χ0n) is 11.3. The fourth-order valence-electron chi connectivity index (χ4n) is 2.83. The molecule has 1 fully saturated rings. The smallest absolute Gasteiger partial charge is 0.326 e. The van der Waals surface area contributed by atoms with Gasteiger partial charge in [0.05, 0.1) is 7.11 Å². The van der Waals surface area contributed by atoms with E-state index in [1.165, 1.54) is 7.11 Å². The summed E-state index contributed by atoms with van der Waals surface area (Å²) in [4.78, 5) is 12.1. The van der Waals surface area contributed by atoms with Crippen LogP contribution in [0.5, 0.6) is 0 Å². The highest BCUT2D eigenvalue weighted by atomic mass is 32.2. The quantitative estimate of drug-likeness (QED) is 0.713. The van der Waals surface area contributed by atoms with Crippen molar-refractivity contribution in [3.8, 4) is 0 Å². The molecular formula is C13H25NO2S. The van der Waals surface area contributed by atoms with Gasteiger partial charge in [-0.3, -0.25) is 4.79 Å². The maximum atomic E-state index is 12.1. The minimum atomic E-state index is -0.402. The number of esters is 1. The van der Waals surface area contributed by atoms with Gasteiger partial charge < -0.3 is 10.1 Å². The molecule has 0 radical (unpaired) electrons. The van der Waals surface area contributed by atoms with Crippen LogP contribution in [0.15, 0.2) is 0 Å². The van der Waals surface area contributed by atoms with Gasteiger partial charge in [0.25, 0.3) is 0 Å². The fourth-order valence-corrected chi connectivity index (χ4v) is 3.35. The van der Waals surface area contributed by atoms with Crippen molar-refractivity contribution in [3.63, 3.8) is 0 Å². The van der Waals surface area contributed by atoms with E-state index in [-0.39, 0.29) is 5.97 Å². The summed E-state index contributed by atoms with van der Waals surface area (Å²) in [6.45, 7) is 3.02. The lowest BCUT2D eigenvalue weighted by molar-refractivity contribution is -0.150. The standard InChI is InChI=1S/C13H25NO2S/c1-4-9-14-13(12(15)16-2)8-5-6-11(13)7-10-17-3/h11,14H,4-10H2,1-3H3. The van der Waals surface area contributed by atoms with E-state index in [0.29, 0.717) is 5.92 Å². The first kappa shape index (κ1) is 14.8. The Kier molecular flexibility index (Phi) is 6.34. The summed E-state index contributed by atoms with van der Waals surface area (Å²) in [6.07, 6.45) is 7.48. The van der Waals surface area contributed by atoms with E-state index >= 15 is 0 Å². The molecule has 0 aromatic carbocycles. The second-order valence-electron chi connectivity index (χ2n) is 4.76. The van der Waals surface area contributed by atoms with Gasteiger partial charge in [0.2, 0.25) is 0 Å². The number of hydrogen-bond acceptors (Lipinski definition) is 4. The first-order valence-corrected chi connectivity index (χ1v) is 7.93. The van der Waals surface area contributed by atoms with Gasteiger partial charge in [0, 0.05) is 0 Å². The summed E-state index contributed by atoms with van der Waals surface area (Å²) < 4.78 is 5.04. The Morgan fingerprint density at radius 1 is 1.59 bits per heavy atom. The van der Waals surface area contributed by atoms with Crippen molar-refractivity contribution < 1.29 is 9.53 Å². The number of carbonyl (C=O) groups excluding carboxylic acids is 1. The molecule has 2 unspecified atom stereocenters. The molecule has 0 heterocycles. The maximum Gasteiger partial charge on any atom is 0.326 e. The number of thioether (sulfide) groups is 1. The SMILES string of the molecule is CCCNC1(C(=O)OC)CCCC1CCSC. The molecule has 0 saturated heterocycles. The molecular weight excluding hydrogens is 234 g/mol. The zero-order valence-corrected chi connectivity index (χ0v) is 12.1. The lowest BCUT2D eigenvalue weighted by Gasteiger charge is -2.34. The Morgan fingerprint density at radius 2 is 2.35 bits per heavy atom. The van der Waals surface area contributed by atoms with Gasteiger partial charge in [0.1, 0.15) is 5.54 Å². The van der Waals surface area contributed by atoms with Crippen molar-refractivity contribution in [2.75, 3.05) is 25.7 Å². The Balaban J connectivity index is 2.75. The Morgan fingerprint density at radius 3 is 2.94 bits per heavy atom. The van der Waals surface area contributed by atoms with E-state index < -0.39 is 5.54 Å². The molecule has 0 aromatic heterocycles. The van der Waals surface area contributed by atoms with Crippen LogP contribution in [-0.4, -0.2) is 37.2 Å². The van der Waals surface area contributed by atoms with Crippen LogP contribution >= 0.6 is 11.8 Å². The highest BCUT2D eigenvalue weighted by Gasteiger charge is 2.48. The number of carbonyl (C=O) groups is 1. The second kappa shape index (κ2) is 7.27. The van der Waals surface area contributed by atoms with Gasteiger partial charge in [-0.05, 0) is 50.2 Å². The zero-order chi connectivity index (χ0) is 12.7. The predicted molar refractivity (Wildman–Crippen MR) is 73.4 cm³/mol. The summed E-state index contributed by atoms with van der Waals surface area (Å²) >= 11 is 1.85. The highest BCUT2D eigenvalue weighted by Crippen LogP contribution is 2.39. The molecule has 0 spiro atoms.